The lowest BCUT2D eigenvalue weighted by atomic mass is 10.0. The SMILES string of the molecule is CCC(C)N(Cc1c(-c2ccccc2)noc1N1CCN(C)CC1)CC(O)CN1CCOCC1. The van der Waals surface area contributed by atoms with Crippen molar-refractivity contribution in [2.45, 2.75) is 39.0 Å². The minimum absolute atomic E-state index is 0.332. The van der Waals surface area contributed by atoms with Crippen molar-refractivity contribution in [3.05, 3.63) is 35.9 Å². The molecule has 2 saturated heterocycles. The lowest BCUT2D eigenvalue weighted by Gasteiger charge is -2.35. The molecule has 0 bridgehead atoms. The van der Waals surface area contributed by atoms with Crippen LogP contribution in [0.2, 0.25) is 0 Å². The minimum Gasteiger partial charge on any atom is -0.390 e. The van der Waals surface area contributed by atoms with Gasteiger partial charge >= 0.3 is 0 Å². The van der Waals surface area contributed by atoms with Gasteiger partial charge in [-0.05, 0) is 20.4 Å². The highest BCUT2D eigenvalue weighted by molar-refractivity contribution is 5.68. The highest BCUT2D eigenvalue weighted by Crippen LogP contribution is 2.33. The molecule has 2 aromatic rings. The predicted molar refractivity (Wildman–Crippen MR) is 135 cm³/mol. The molecule has 8 nitrogen and oxygen atoms in total. The highest BCUT2D eigenvalue weighted by Gasteiger charge is 2.28. The van der Waals surface area contributed by atoms with Crippen molar-refractivity contribution in [2.24, 2.45) is 0 Å². The van der Waals surface area contributed by atoms with Gasteiger partial charge in [-0.25, -0.2) is 0 Å². The zero-order valence-corrected chi connectivity index (χ0v) is 21.0. The molecule has 188 valence electrons. The number of ether oxygens (including phenoxy) is 1. The van der Waals surface area contributed by atoms with E-state index >= 15 is 0 Å². The first-order chi connectivity index (χ1) is 16.5. The van der Waals surface area contributed by atoms with Gasteiger partial charge in [-0.2, -0.15) is 0 Å². The van der Waals surface area contributed by atoms with Crippen molar-refractivity contribution in [2.75, 3.05) is 77.5 Å². The van der Waals surface area contributed by atoms with Gasteiger partial charge in [0.2, 0.25) is 5.88 Å². The second kappa shape index (κ2) is 12.1. The van der Waals surface area contributed by atoms with Crippen molar-refractivity contribution in [1.29, 1.82) is 0 Å². The van der Waals surface area contributed by atoms with E-state index in [0.717, 1.165) is 81.6 Å². The Morgan fingerprint density at radius 3 is 2.44 bits per heavy atom. The lowest BCUT2D eigenvalue weighted by Crippen LogP contribution is -2.46. The maximum atomic E-state index is 11.0. The summed E-state index contributed by atoms with van der Waals surface area (Å²) in [5.74, 6) is 0.878. The number of anilines is 1. The van der Waals surface area contributed by atoms with Gasteiger partial charge in [0.15, 0.2) is 0 Å². The van der Waals surface area contributed by atoms with Crippen molar-refractivity contribution in [3.63, 3.8) is 0 Å². The van der Waals surface area contributed by atoms with E-state index in [4.69, 9.17) is 9.26 Å². The molecule has 2 unspecified atom stereocenters. The van der Waals surface area contributed by atoms with Gasteiger partial charge in [0.1, 0.15) is 5.69 Å². The van der Waals surface area contributed by atoms with E-state index in [-0.39, 0.29) is 0 Å². The summed E-state index contributed by atoms with van der Waals surface area (Å²) in [6.45, 7) is 13.6. The van der Waals surface area contributed by atoms with Crippen molar-refractivity contribution in [3.8, 4) is 11.3 Å². The number of aliphatic hydroxyl groups is 1. The van der Waals surface area contributed by atoms with Crippen molar-refractivity contribution in [1.82, 2.24) is 19.9 Å². The minimum atomic E-state index is -0.417. The third-order valence-corrected chi connectivity index (χ3v) is 7.20. The Morgan fingerprint density at radius 1 is 1.06 bits per heavy atom. The number of aromatic nitrogens is 1. The molecule has 34 heavy (non-hydrogen) atoms. The Bertz CT molecular complexity index is 863. The quantitative estimate of drug-likeness (QED) is 0.567. The summed E-state index contributed by atoms with van der Waals surface area (Å²) in [4.78, 5) is 9.36. The zero-order chi connectivity index (χ0) is 23.9. The number of hydrogen-bond acceptors (Lipinski definition) is 8. The lowest BCUT2D eigenvalue weighted by molar-refractivity contribution is 0.00253. The fraction of sp³-hybridized carbons (Fsp3) is 0.654. The van der Waals surface area contributed by atoms with Crippen LogP contribution in [0.3, 0.4) is 0 Å². The average Bonchev–Trinajstić information content (AvgIpc) is 3.28. The summed E-state index contributed by atoms with van der Waals surface area (Å²) in [7, 11) is 2.16. The number of morpholine rings is 1. The second-order valence-corrected chi connectivity index (χ2v) is 9.72. The first-order valence-electron chi connectivity index (χ1n) is 12.7. The molecule has 2 fully saturated rings. The number of piperazine rings is 1. The van der Waals surface area contributed by atoms with E-state index in [1.807, 2.05) is 18.2 Å². The number of nitrogens with zero attached hydrogens (tertiary/aromatic N) is 5. The molecule has 8 heteroatoms. The Kier molecular flexibility index (Phi) is 8.97. The molecule has 1 aromatic carbocycles. The summed E-state index contributed by atoms with van der Waals surface area (Å²) in [5, 5.41) is 15.5. The molecular formula is C26H41N5O3. The van der Waals surface area contributed by atoms with Crippen LogP contribution in [0.1, 0.15) is 25.8 Å². The zero-order valence-electron chi connectivity index (χ0n) is 21.0. The van der Waals surface area contributed by atoms with Crippen LogP contribution in [-0.2, 0) is 11.3 Å². The van der Waals surface area contributed by atoms with Gasteiger partial charge in [-0.15, -0.1) is 0 Å². The smallest absolute Gasteiger partial charge is 0.232 e. The molecule has 0 radical (unpaired) electrons. The fourth-order valence-corrected chi connectivity index (χ4v) is 4.80. The van der Waals surface area contributed by atoms with Gasteiger partial charge in [0, 0.05) is 70.5 Å². The molecule has 0 amide bonds. The van der Waals surface area contributed by atoms with Crippen LogP contribution < -0.4 is 4.90 Å². The Balaban J connectivity index is 1.56. The van der Waals surface area contributed by atoms with Crippen LogP contribution in [0.5, 0.6) is 0 Å². The summed E-state index contributed by atoms with van der Waals surface area (Å²) in [5.41, 5.74) is 3.10. The third kappa shape index (κ3) is 6.37. The molecule has 0 aliphatic carbocycles. The molecule has 1 N–H and O–H groups in total. The van der Waals surface area contributed by atoms with E-state index in [9.17, 15) is 5.11 Å². The van der Waals surface area contributed by atoms with Crippen LogP contribution in [0.25, 0.3) is 11.3 Å². The van der Waals surface area contributed by atoms with Gasteiger partial charge < -0.3 is 24.2 Å². The number of β-amino-alcohol motifs (C(OH)–C–C–N with tert-alkyl or cyclic N) is 1. The summed E-state index contributed by atoms with van der Waals surface area (Å²) < 4.78 is 11.5. The van der Waals surface area contributed by atoms with Gasteiger partial charge in [-0.3, -0.25) is 9.80 Å². The van der Waals surface area contributed by atoms with E-state index < -0.39 is 6.10 Å². The number of aliphatic hydroxyl groups excluding tert-OH is 1. The molecule has 4 rings (SSSR count). The summed E-state index contributed by atoms with van der Waals surface area (Å²) in [6.07, 6.45) is 0.597. The van der Waals surface area contributed by atoms with Crippen molar-refractivity contribution < 1.29 is 14.4 Å². The number of rotatable bonds is 10. The van der Waals surface area contributed by atoms with Crippen LogP contribution in [-0.4, -0.2) is 110 Å². The van der Waals surface area contributed by atoms with Crippen molar-refractivity contribution >= 4 is 5.88 Å². The monoisotopic (exact) mass is 471 g/mol. The topological polar surface area (TPSA) is 68.5 Å². The van der Waals surface area contributed by atoms with Crippen LogP contribution in [0.15, 0.2) is 34.9 Å². The predicted octanol–water partition coefficient (Wildman–Crippen LogP) is 2.39. The average molecular weight is 472 g/mol. The standard InChI is InChI=1S/C26H41N5O3/c1-4-21(2)31(19-23(32)18-29-14-16-33-17-15-29)20-24-25(22-8-6-5-7-9-22)27-34-26(24)30-12-10-28(3)11-13-30/h5-9,21,23,32H,4,10-20H2,1-3H3. The first kappa shape index (κ1) is 25.1. The number of benzene rings is 1. The molecule has 1 aromatic heterocycles. The van der Waals surface area contributed by atoms with E-state index in [0.29, 0.717) is 25.7 Å². The molecule has 2 atom stereocenters. The number of likely N-dealkylation sites (N-methyl/N-ethyl adjacent to an activating group) is 1. The van der Waals surface area contributed by atoms with E-state index in [2.05, 4.69) is 57.8 Å². The molecule has 3 heterocycles. The van der Waals surface area contributed by atoms with Gasteiger partial charge in [-0.1, -0.05) is 42.4 Å². The second-order valence-electron chi connectivity index (χ2n) is 9.72. The van der Waals surface area contributed by atoms with Crippen LogP contribution in [0, 0.1) is 0 Å². The molecule has 0 spiro atoms. The molecule has 2 aliphatic rings. The normalized spacial score (nSPS) is 20.1. The summed E-state index contributed by atoms with van der Waals surface area (Å²) >= 11 is 0. The first-order valence-corrected chi connectivity index (χ1v) is 12.7. The Morgan fingerprint density at radius 2 is 1.76 bits per heavy atom. The van der Waals surface area contributed by atoms with Gasteiger partial charge in [0.25, 0.3) is 0 Å². The largest absolute Gasteiger partial charge is 0.390 e. The summed E-state index contributed by atoms with van der Waals surface area (Å²) in [6, 6.07) is 10.6. The van der Waals surface area contributed by atoms with Crippen LogP contribution >= 0.6 is 0 Å². The van der Waals surface area contributed by atoms with Gasteiger partial charge in [0.05, 0.1) is 24.9 Å². The fourth-order valence-electron chi connectivity index (χ4n) is 4.80. The maximum Gasteiger partial charge on any atom is 0.232 e. The molecule has 0 saturated carbocycles. The number of hydrogen-bond donors (Lipinski definition) is 1. The highest BCUT2D eigenvalue weighted by atomic mass is 16.5. The van der Waals surface area contributed by atoms with E-state index in [1.54, 1.807) is 0 Å². The maximum absolute atomic E-state index is 11.0. The van der Waals surface area contributed by atoms with E-state index in [1.165, 1.54) is 0 Å². The molecule has 2 aliphatic heterocycles. The Hall–Kier alpha value is -1.97. The van der Waals surface area contributed by atoms with Crippen LogP contribution in [0.4, 0.5) is 5.88 Å². The Labute approximate surface area is 204 Å². The molecular weight excluding hydrogens is 430 g/mol. The third-order valence-electron chi connectivity index (χ3n) is 7.20.